The summed E-state index contributed by atoms with van der Waals surface area (Å²) in [5.74, 6) is 2.32. The predicted molar refractivity (Wildman–Crippen MR) is 67.7 cm³/mol. The topological polar surface area (TPSA) is 61.0 Å². The first-order chi connectivity index (χ1) is 8.75. The lowest BCUT2D eigenvalue weighted by Crippen LogP contribution is -2.44. The van der Waals surface area contributed by atoms with E-state index in [1.54, 1.807) is 17.3 Å². The molecule has 2 N–H and O–H groups in total. The number of hydrogen-bond donors (Lipinski definition) is 2. The van der Waals surface area contributed by atoms with Gasteiger partial charge in [0.15, 0.2) is 0 Å². The maximum atomic E-state index is 12.4. The molecule has 0 radical (unpaired) electrons. The van der Waals surface area contributed by atoms with Gasteiger partial charge in [0, 0.05) is 19.4 Å². The van der Waals surface area contributed by atoms with Gasteiger partial charge in [0.05, 0.1) is 12.6 Å². The van der Waals surface area contributed by atoms with Gasteiger partial charge in [-0.25, -0.2) is 4.98 Å². The minimum Gasteiger partial charge on any atom is -0.347 e. The summed E-state index contributed by atoms with van der Waals surface area (Å²) < 4.78 is 0. The van der Waals surface area contributed by atoms with Gasteiger partial charge >= 0.3 is 0 Å². The zero-order valence-corrected chi connectivity index (χ0v) is 10.7. The average molecular weight is 248 g/mol. The summed E-state index contributed by atoms with van der Waals surface area (Å²) in [5.41, 5.74) is 0. The Balaban J connectivity index is 1.63. The predicted octanol–water partition coefficient (Wildman–Crippen LogP) is 0.756. The second-order valence-electron chi connectivity index (χ2n) is 5.47. The minimum atomic E-state index is 0.0254. The number of hydrogen-bond acceptors (Lipinski definition) is 3. The van der Waals surface area contributed by atoms with Gasteiger partial charge in [-0.15, -0.1) is 0 Å². The van der Waals surface area contributed by atoms with Crippen LogP contribution >= 0.6 is 0 Å². The number of aromatic nitrogens is 2. The number of rotatable bonds is 3. The maximum Gasteiger partial charge on any atom is 0.240 e. The van der Waals surface area contributed by atoms with E-state index in [0.717, 1.165) is 18.3 Å². The number of nitrogens with zero attached hydrogens (tertiary/aromatic N) is 2. The third-order valence-electron chi connectivity index (χ3n) is 4.33. The molecular formula is C13H20N4O. The number of nitrogens with one attached hydrogen (secondary N) is 2. The standard InChI is InChI=1S/C13H20N4O/c1-17(8-11-14-5-6-15-11)13(18)12-10-4-2-3-9(10)7-16-12/h5-6,9-10,12,16H,2-4,7-8H2,1H3,(H,14,15). The van der Waals surface area contributed by atoms with Crippen molar-refractivity contribution in [2.24, 2.45) is 11.8 Å². The molecule has 1 aliphatic carbocycles. The number of likely N-dealkylation sites (N-methyl/N-ethyl adjacent to an activating group) is 1. The van der Waals surface area contributed by atoms with E-state index in [0.29, 0.717) is 12.5 Å². The molecule has 0 spiro atoms. The van der Waals surface area contributed by atoms with Gasteiger partial charge in [-0.3, -0.25) is 4.79 Å². The minimum absolute atomic E-state index is 0.0254. The second-order valence-corrected chi connectivity index (χ2v) is 5.47. The largest absolute Gasteiger partial charge is 0.347 e. The molecular weight excluding hydrogens is 228 g/mol. The van der Waals surface area contributed by atoms with Crippen molar-refractivity contribution >= 4 is 5.91 Å². The summed E-state index contributed by atoms with van der Waals surface area (Å²) >= 11 is 0. The Hall–Kier alpha value is -1.36. The van der Waals surface area contributed by atoms with Crippen LogP contribution in [0.4, 0.5) is 0 Å². The fraction of sp³-hybridized carbons (Fsp3) is 0.692. The van der Waals surface area contributed by atoms with E-state index in [1.807, 2.05) is 7.05 Å². The molecule has 3 atom stereocenters. The first kappa shape index (κ1) is 11.7. The van der Waals surface area contributed by atoms with E-state index in [4.69, 9.17) is 0 Å². The van der Waals surface area contributed by atoms with Crippen LogP contribution in [0.3, 0.4) is 0 Å². The molecule has 1 aromatic rings. The fourth-order valence-corrected chi connectivity index (χ4v) is 3.38. The van der Waals surface area contributed by atoms with Crippen LogP contribution in [0, 0.1) is 11.8 Å². The van der Waals surface area contributed by atoms with Gasteiger partial charge in [-0.2, -0.15) is 0 Å². The smallest absolute Gasteiger partial charge is 0.240 e. The number of H-pyrrole nitrogens is 1. The Morgan fingerprint density at radius 1 is 1.56 bits per heavy atom. The number of imidazole rings is 1. The molecule has 18 heavy (non-hydrogen) atoms. The summed E-state index contributed by atoms with van der Waals surface area (Å²) in [6.45, 7) is 1.57. The Labute approximate surface area is 107 Å². The Morgan fingerprint density at radius 3 is 3.22 bits per heavy atom. The van der Waals surface area contributed by atoms with Crippen LogP contribution in [0.2, 0.25) is 0 Å². The number of fused-ring (bicyclic) bond motifs is 1. The fourth-order valence-electron chi connectivity index (χ4n) is 3.38. The Morgan fingerprint density at radius 2 is 2.44 bits per heavy atom. The molecule has 1 aliphatic heterocycles. The molecule has 3 unspecified atom stereocenters. The van der Waals surface area contributed by atoms with Crippen molar-refractivity contribution in [1.82, 2.24) is 20.2 Å². The summed E-state index contributed by atoms with van der Waals surface area (Å²) in [5, 5.41) is 3.40. The highest BCUT2D eigenvalue weighted by molar-refractivity contribution is 5.82. The monoisotopic (exact) mass is 248 g/mol. The van der Waals surface area contributed by atoms with Gasteiger partial charge < -0.3 is 15.2 Å². The van der Waals surface area contributed by atoms with E-state index >= 15 is 0 Å². The van der Waals surface area contributed by atoms with Crippen LogP contribution in [-0.2, 0) is 11.3 Å². The molecule has 98 valence electrons. The molecule has 1 amide bonds. The molecule has 1 saturated heterocycles. The first-order valence-corrected chi connectivity index (χ1v) is 6.72. The van der Waals surface area contributed by atoms with E-state index in [1.165, 1.54) is 19.3 Å². The van der Waals surface area contributed by atoms with Crippen molar-refractivity contribution in [3.05, 3.63) is 18.2 Å². The number of amides is 1. The molecule has 2 aliphatic rings. The number of carbonyl (C=O) groups is 1. The normalized spacial score (nSPS) is 30.4. The van der Waals surface area contributed by atoms with Crippen LogP contribution in [0.15, 0.2) is 12.4 Å². The van der Waals surface area contributed by atoms with E-state index in [-0.39, 0.29) is 11.9 Å². The lowest BCUT2D eigenvalue weighted by Gasteiger charge is -2.24. The van der Waals surface area contributed by atoms with Crippen LogP contribution in [0.25, 0.3) is 0 Å². The lowest BCUT2D eigenvalue weighted by atomic mass is 9.93. The molecule has 3 rings (SSSR count). The second kappa shape index (κ2) is 4.72. The summed E-state index contributed by atoms with van der Waals surface area (Å²) in [4.78, 5) is 21.4. The zero-order valence-electron chi connectivity index (χ0n) is 10.7. The number of aromatic amines is 1. The summed E-state index contributed by atoms with van der Waals surface area (Å²) in [7, 11) is 1.86. The quantitative estimate of drug-likeness (QED) is 0.830. The average Bonchev–Trinajstić information content (AvgIpc) is 3.04. The molecule has 2 fully saturated rings. The van der Waals surface area contributed by atoms with E-state index < -0.39 is 0 Å². The molecule has 1 saturated carbocycles. The summed E-state index contributed by atoms with van der Waals surface area (Å²) in [6, 6.07) is 0.0254. The first-order valence-electron chi connectivity index (χ1n) is 6.72. The zero-order chi connectivity index (χ0) is 12.5. The molecule has 5 heteroatoms. The van der Waals surface area contributed by atoms with Crippen LogP contribution in [-0.4, -0.2) is 40.4 Å². The van der Waals surface area contributed by atoms with Crippen molar-refractivity contribution < 1.29 is 4.79 Å². The summed E-state index contributed by atoms with van der Waals surface area (Å²) in [6.07, 6.45) is 7.26. The van der Waals surface area contributed by atoms with Crippen molar-refractivity contribution in [2.75, 3.05) is 13.6 Å². The van der Waals surface area contributed by atoms with Gasteiger partial charge in [-0.05, 0) is 31.2 Å². The van der Waals surface area contributed by atoms with Crippen molar-refractivity contribution in [3.8, 4) is 0 Å². The molecule has 1 aromatic heterocycles. The van der Waals surface area contributed by atoms with Crippen molar-refractivity contribution in [3.63, 3.8) is 0 Å². The Kier molecular flexibility index (Phi) is 3.07. The lowest BCUT2D eigenvalue weighted by molar-refractivity contribution is -0.133. The highest BCUT2D eigenvalue weighted by Gasteiger charge is 2.43. The van der Waals surface area contributed by atoms with Gasteiger partial charge in [0.2, 0.25) is 5.91 Å². The van der Waals surface area contributed by atoms with Crippen molar-refractivity contribution in [1.29, 1.82) is 0 Å². The Bertz CT molecular complexity index is 417. The van der Waals surface area contributed by atoms with Gasteiger partial charge in [-0.1, -0.05) is 6.42 Å². The molecule has 0 bridgehead atoms. The molecule has 2 heterocycles. The van der Waals surface area contributed by atoms with Gasteiger partial charge in [0.25, 0.3) is 0 Å². The third kappa shape index (κ3) is 2.03. The van der Waals surface area contributed by atoms with Crippen molar-refractivity contribution in [2.45, 2.75) is 31.8 Å². The van der Waals surface area contributed by atoms with Gasteiger partial charge in [0.1, 0.15) is 5.82 Å². The van der Waals surface area contributed by atoms with Crippen LogP contribution < -0.4 is 5.32 Å². The highest BCUT2D eigenvalue weighted by Crippen LogP contribution is 2.38. The molecule has 0 aromatic carbocycles. The van der Waals surface area contributed by atoms with E-state index in [9.17, 15) is 4.79 Å². The third-order valence-corrected chi connectivity index (χ3v) is 4.33. The number of carbonyl (C=O) groups excluding carboxylic acids is 1. The maximum absolute atomic E-state index is 12.4. The highest BCUT2D eigenvalue weighted by atomic mass is 16.2. The van der Waals surface area contributed by atoms with Crippen LogP contribution in [0.5, 0.6) is 0 Å². The van der Waals surface area contributed by atoms with Crippen LogP contribution in [0.1, 0.15) is 25.1 Å². The SMILES string of the molecule is CN(Cc1ncc[nH]1)C(=O)C1NCC2CCCC21. The van der Waals surface area contributed by atoms with E-state index in [2.05, 4.69) is 15.3 Å². The molecule has 5 nitrogen and oxygen atoms in total.